The van der Waals surface area contributed by atoms with Gasteiger partial charge in [0.15, 0.2) is 0 Å². The molecular formula is C14H14N2O. The van der Waals surface area contributed by atoms with Gasteiger partial charge >= 0.3 is 0 Å². The molecule has 2 heterocycles. The summed E-state index contributed by atoms with van der Waals surface area (Å²) in [4.78, 5) is 7.89. The highest BCUT2D eigenvalue weighted by Crippen LogP contribution is 2.25. The molecule has 0 radical (unpaired) electrons. The first-order chi connectivity index (χ1) is 8.38. The van der Waals surface area contributed by atoms with Crippen molar-refractivity contribution in [2.24, 2.45) is 0 Å². The highest BCUT2D eigenvalue weighted by atomic mass is 16.5. The second-order valence-electron chi connectivity index (χ2n) is 4.06. The zero-order chi connectivity index (χ0) is 11.7. The van der Waals surface area contributed by atoms with E-state index in [-0.39, 0.29) is 0 Å². The first-order valence-corrected chi connectivity index (χ1v) is 5.89. The van der Waals surface area contributed by atoms with Crippen molar-refractivity contribution in [2.75, 3.05) is 6.61 Å². The molecule has 1 N–H and O–H groups in total. The van der Waals surface area contributed by atoms with Gasteiger partial charge in [0.05, 0.1) is 17.6 Å². The van der Waals surface area contributed by atoms with E-state index in [1.54, 1.807) is 0 Å². The van der Waals surface area contributed by atoms with E-state index >= 15 is 0 Å². The maximum Gasteiger partial charge on any atom is 0.213 e. The molecule has 0 fully saturated rings. The van der Waals surface area contributed by atoms with Crippen molar-refractivity contribution in [1.82, 2.24) is 9.97 Å². The summed E-state index contributed by atoms with van der Waals surface area (Å²) in [6.45, 7) is 2.80. The Morgan fingerprint density at radius 3 is 2.88 bits per heavy atom. The Kier molecular flexibility index (Phi) is 2.44. The molecule has 3 rings (SSSR count). The van der Waals surface area contributed by atoms with E-state index < -0.39 is 0 Å². The van der Waals surface area contributed by atoms with Crippen LogP contribution in [0.2, 0.25) is 0 Å². The minimum Gasteiger partial charge on any atom is -0.478 e. The summed E-state index contributed by atoms with van der Waals surface area (Å²) in [7, 11) is 0. The van der Waals surface area contributed by atoms with Crippen LogP contribution in [-0.4, -0.2) is 16.6 Å². The van der Waals surface area contributed by atoms with Crippen molar-refractivity contribution in [3.05, 3.63) is 36.4 Å². The Morgan fingerprint density at radius 2 is 2.00 bits per heavy atom. The van der Waals surface area contributed by atoms with Crippen LogP contribution in [0.3, 0.4) is 0 Å². The molecule has 0 atom stereocenters. The number of nitrogens with one attached hydrogen (secondary N) is 1. The molecule has 3 nitrogen and oxygen atoms in total. The molecule has 3 heteroatoms. The fraction of sp³-hybridized carbons (Fsp3) is 0.214. The van der Waals surface area contributed by atoms with Crippen molar-refractivity contribution >= 4 is 21.9 Å². The summed E-state index contributed by atoms with van der Waals surface area (Å²) in [6.07, 6.45) is 0.994. The standard InChI is InChI=1S/C14H14N2O/c1-2-9-17-13-8-7-12-14(16-13)10-5-3-4-6-11(10)15-12/h3-8,15H,2,9H2,1H3. The number of fused-ring (bicyclic) bond motifs is 3. The first-order valence-electron chi connectivity index (χ1n) is 5.89. The number of benzene rings is 1. The Labute approximate surface area is 99.4 Å². The van der Waals surface area contributed by atoms with E-state index in [0.29, 0.717) is 12.5 Å². The summed E-state index contributed by atoms with van der Waals surface area (Å²) in [5.41, 5.74) is 3.15. The largest absolute Gasteiger partial charge is 0.478 e. The number of H-pyrrole nitrogens is 1. The Hall–Kier alpha value is -2.03. The van der Waals surface area contributed by atoms with Crippen LogP contribution in [0.15, 0.2) is 36.4 Å². The number of ether oxygens (including phenoxy) is 1. The maximum absolute atomic E-state index is 5.56. The number of aromatic amines is 1. The smallest absolute Gasteiger partial charge is 0.213 e. The first kappa shape index (κ1) is 10.1. The van der Waals surface area contributed by atoms with Gasteiger partial charge in [-0.15, -0.1) is 0 Å². The molecule has 3 aromatic rings. The maximum atomic E-state index is 5.56. The van der Waals surface area contributed by atoms with Crippen LogP contribution in [0.4, 0.5) is 0 Å². The molecule has 0 saturated carbocycles. The van der Waals surface area contributed by atoms with Crippen LogP contribution in [0, 0.1) is 0 Å². The predicted molar refractivity (Wildman–Crippen MR) is 69.4 cm³/mol. The zero-order valence-electron chi connectivity index (χ0n) is 9.73. The number of nitrogens with zero attached hydrogens (tertiary/aromatic N) is 1. The Bertz CT molecular complexity index is 657. The fourth-order valence-corrected chi connectivity index (χ4v) is 1.98. The molecule has 86 valence electrons. The van der Waals surface area contributed by atoms with Gasteiger partial charge in [-0.3, -0.25) is 0 Å². The SMILES string of the molecule is CCCOc1ccc2[nH]c3ccccc3c2n1. The number of hydrogen-bond acceptors (Lipinski definition) is 2. The van der Waals surface area contributed by atoms with Gasteiger partial charge in [0.25, 0.3) is 0 Å². The normalized spacial score (nSPS) is 11.1. The molecule has 0 unspecified atom stereocenters. The second kappa shape index (κ2) is 4.09. The van der Waals surface area contributed by atoms with Gasteiger partial charge in [-0.25, -0.2) is 4.98 Å². The van der Waals surface area contributed by atoms with Crippen molar-refractivity contribution in [3.8, 4) is 5.88 Å². The van der Waals surface area contributed by atoms with Crippen LogP contribution in [0.5, 0.6) is 5.88 Å². The van der Waals surface area contributed by atoms with Crippen molar-refractivity contribution in [3.63, 3.8) is 0 Å². The van der Waals surface area contributed by atoms with Crippen molar-refractivity contribution in [1.29, 1.82) is 0 Å². The van der Waals surface area contributed by atoms with Crippen LogP contribution < -0.4 is 4.74 Å². The summed E-state index contributed by atoms with van der Waals surface area (Å²) < 4.78 is 5.56. The highest BCUT2D eigenvalue weighted by molar-refractivity contribution is 6.04. The number of aromatic nitrogens is 2. The molecular weight excluding hydrogens is 212 g/mol. The number of hydrogen-bond donors (Lipinski definition) is 1. The molecule has 0 amide bonds. The fourth-order valence-electron chi connectivity index (χ4n) is 1.98. The number of para-hydroxylation sites is 1. The van der Waals surface area contributed by atoms with Crippen molar-refractivity contribution in [2.45, 2.75) is 13.3 Å². The molecule has 0 aliphatic rings. The molecule has 1 aromatic carbocycles. The van der Waals surface area contributed by atoms with Crippen LogP contribution in [0.1, 0.15) is 13.3 Å². The van der Waals surface area contributed by atoms with Gasteiger partial charge in [0, 0.05) is 17.0 Å². The summed E-state index contributed by atoms with van der Waals surface area (Å²) in [5, 5.41) is 1.14. The lowest BCUT2D eigenvalue weighted by atomic mass is 10.2. The molecule has 17 heavy (non-hydrogen) atoms. The third-order valence-electron chi connectivity index (χ3n) is 2.78. The van der Waals surface area contributed by atoms with E-state index in [2.05, 4.69) is 29.0 Å². The van der Waals surface area contributed by atoms with Gasteiger partial charge in [-0.1, -0.05) is 25.1 Å². The summed E-state index contributed by atoms with van der Waals surface area (Å²) >= 11 is 0. The summed E-state index contributed by atoms with van der Waals surface area (Å²) in [6, 6.07) is 12.1. The van der Waals surface area contributed by atoms with Gasteiger partial charge in [0.1, 0.15) is 0 Å². The molecule has 0 aliphatic carbocycles. The van der Waals surface area contributed by atoms with Gasteiger partial charge < -0.3 is 9.72 Å². The van der Waals surface area contributed by atoms with E-state index in [1.165, 1.54) is 0 Å². The average Bonchev–Trinajstić information content (AvgIpc) is 2.74. The zero-order valence-corrected chi connectivity index (χ0v) is 9.73. The van der Waals surface area contributed by atoms with Crippen LogP contribution in [0.25, 0.3) is 21.9 Å². The molecule has 0 saturated heterocycles. The minimum absolute atomic E-state index is 0.698. The minimum atomic E-state index is 0.698. The monoisotopic (exact) mass is 226 g/mol. The topological polar surface area (TPSA) is 37.9 Å². The molecule has 0 spiro atoms. The average molecular weight is 226 g/mol. The Morgan fingerprint density at radius 1 is 1.12 bits per heavy atom. The van der Waals surface area contributed by atoms with E-state index in [0.717, 1.165) is 28.4 Å². The third-order valence-corrected chi connectivity index (χ3v) is 2.78. The van der Waals surface area contributed by atoms with E-state index in [1.807, 2.05) is 24.3 Å². The molecule has 0 bridgehead atoms. The van der Waals surface area contributed by atoms with Gasteiger partial charge in [-0.2, -0.15) is 0 Å². The van der Waals surface area contributed by atoms with Crippen LogP contribution in [-0.2, 0) is 0 Å². The van der Waals surface area contributed by atoms with E-state index in [4.69, 9.17) is 4.74 Å². The van der Waals surface area contributed by atoms with Gasteiger partial charge in [0.2, 0.25) is 5.88 Å². The summed E-state index contributed by atoms with van der Waals surface area (Å²) in [5.74, 6) is 0.698. The van der Waals surface area contributed by atoms with E-state index in [9.17, 15) is 0 Å². The second-order valence-corrected chi connectivity index (χ2v) is 4.06. The number of rotatable bonds is 3. The predicted octanol–water partition coefficient (Wildman–Crippen LogP) is 3.50. The highest BCUT2D eigenvalue weighted by Gasteiger charge is 2.06. The Balaban J connectivity index is 2.16. The third kappa shape index (κ3) is 1.73. The quantitative estimate of drug-likeness (QED) is 0.742. The molecule has 2 aromatic heterocycles. The lowest BCUT2D eigenvalue weighted by Gasteiger charge is -2.02. The van der Waals surface area contributed by atoms with Crippen molar-refractivity contribution < 1.29 is 4.74 Å². The molecule has 0 aliphatic heterocycles. The number of pyridine rings is 1. The van der Waals surface area contributed by atoms with Crippen LogP contribution >= 0.6 is 0 Å². The van der Waals surface area contributed by atoms with Gasteiger partial charge in [-0.05, 0) is 18.6 Å². The lowest BCUT2D eigenvalue weighted by Crippen LogP contribution is -1.96. The lowest BCUT2D eigenvalue weighted by molar-refractivity contribution is 0.306.